The Morgan fingerprint density at radius 1 is 1.25 bits per heavy atom. The Balaban J connectivity index is 2.15. The summed E-state index contributed by atoms with van der Waals surface area (Å²) in [6.45, 7) is 1.74. The van der Waals surface area contributed by atoms with E-state index in [4.69, 9.17) is 0 Å². The van der Waals surface area contributed by atoms with Crippen LogP contribution >= 0.6 is 0 Å². The van der Waals surface area contributed by atoms with Gasteiger partial charge >= 0.3 is 0 Å². The molecule has 0 saturated heterocycles. The van der Waals surface area contributed by atoms with E-state index in [1.165, 1.54) is 18.3 Å². The first kappa shape index (κ1) is 14.0. The molecule has 0 unspecified atom stereocenters. The van der Waals surface area contributed by atoms with Crippen LogP contribution in [0.2, 0.25) is 0 Å². The molecule has 0 aliphatic heterocycles. The lowest BCUT2D eigenvalue weighted by atomic mass is 10.2. The number of aromatic nitrogens is 1. The third kappa shape index (κ3) is 3.12. The molecule has 0 radical (unpaired) electrons. The second-order valence-electron chi connectivity index (χ2n) is 4.71. The maximum Gasteiger partial charge on any atom is 0.257 e. The van der Waals surface area contributed by atoms with E-state index in [9.17, 15) is 9.18 Å². The lowest BCUT2D eigenvalue weighted by molar-refractivity contribution is 0.102. The van der Waals surface area contributed by atoms with Crippen LogP contribution in [0.1, 0.15) is 15.9 Å². The van der Waals surface area contributed by atoms with Crippen molar-refractivity contribution in [1.29, 1.82) is 0 Å². The zero-order valence-electron chi connectivity index (χ0n) is 11.6. The molecule has 1 N–H and O–H groups in total. The minimum atomic E-state index is -0.322. The zero-order chi connectivity index (χ0) is 14.7. The summed E-state index contributed by atoms with van der Waals surface area (Å²) >= 11 is 0. The van der Waals surface area contributed by atoms with Crippen molar-refractivity contribution in [1.82, 2.24) is 4.98 Å². The van der Waals surface area contributed by atoms with Crippen molar-refractivity contribution in [3.63, 3.8) is 0 Å². The summed E-state index contributed by atoms with van der Waals surface area (Å²) in [5, 5.41) is 2.74. The van der Waals surface area contributed by atoms with E-state index in [1.54, 1.807) is 25.1 Å². The Hall–Kier alpha value is -2.43. The summed E-state index contributed by atoms with van der Waals surface area (Å²) < 4.78 is 13.0. The number of nitrogens with zero attached hydrogens (tertiary/aromatic N) is 2. The van der Waals surface area contributed by atoms with E-state index in [1.807, 2.05) is 19.0 Å². The van der Waals surface area contributed by atoms with E-state index in [2.05, 4.69) is 10.3 Å². The Labute approximate surface area is 117 Å². The number of hydrogen-bond acceptors (Lipinski definition) is 3. The van der Waals surface area contributed by atoms with Gasteiger partial charge in [-0.1, -0.05) is 0 Å². The number of rotatable bonds is 3. The van der Waals surface area contributed by atoms with Crippen LogP contribution in [0.5, 0.6) is 0 Å². The molecule has 4 nitrogen and oxygen atoms in total. The third-order valence-electron chi connectivity index (χ3n) is 2.90. The second-order valence-corrected chi connectivity index (χ2v) is 4.71. The minimum Gasteiger partial charge on any atom is -0.363 e. The molecular weight excluding hydrogens is 257 g/mol. The Bertz CT molecular complexity index is 624. The van der Waals surface area contributed by atoms with E-state index >= 15 is 0 Å². The highest BCUT2D eigenvalue weighted by Crippen LogP contribution is 2.17. The average Bonchev–Trinajstić information content (AvgIpc) is 2.42. The van der Waals surface area contributed by atoms with Crippen LogP contribution in [-0.2, 0) is 0 Å². The number of anilines is 2. The predicted octanol–water partition coefficient (Wildman–Crippen LogP) is 2.85. The Morgan fingerprint density at radius 3 is 2.55 bits per heavy atom. The summed E-state index contributed by atoms with van der Waals surface area (Å²) in [4.78, 5) is 18.1. The van der Waals surface area contributed by atoms with Crippen LogP contribution in [0, 0.1) is 12.7 Å². The molecule has 2 rings (SSSR count). The molecule has 2 aromatic rings. The highest BCUT2D eigenvalue weighted by atomic mass is 19.1. The fourth-order valence-electron chi connectivity index (χ4n) is 1.75. The van der Waals surface area contributed by atoms with Crippen molar-refractivity contribution in [3.05, 3.63) is 53.5 Å². The van der Waals surface area contributed by atoms with Gasteiger partial charge in [-0.25, -0.2) is 9.37 Å². The molecule has 0 spiro atoms. The molecule has 0 saturated carbocycles. The highest BCUT2D eigenvalue weighted by molar-refractivity contribution is 6.04. The van der Waals surface area contributed by atoms with Gasteiger partial charge in [0.1, 0.15) is 11.6 Å². The first-order valence-corrected chi connectivity index (χ1v) is 6.18. The summed E-state index contributed by atoms with van der Waals surface area (Å²) in [6.07, 6.45) is 1.52. The van der Waals surface area contributed by atoms with Gasteiger partial charge in [0, 0.05) is 26.0 Å². The van der Waals surface area contributed by atoms with Gasteiger partial charge in [0.15, 0.2) is 0 Å². The quantitative estimate of drug-likeness (QED) is 0.935. The molecule has 1 aromatic heterocycles. The standard InChI is InChI=1S/C15H16FN3O/c1-10-8-12(16)5-6-13(10)18-15(20)11-4-7-14(17-9-11)19(2)3/h4-9H,1-3H3,(H,18,20). The van der Waals surface area contributed by atoms with Gasteiger partial charge in [-0.3, -0.25) is 4.79 Å². The zero-order valence-corrected chi connectivity index (χ0v) is 11.6. The summed E-state index contributed by atoms with van der Waals surface area (Å²) in [5.74, 6) is 0.189. The molecule has 1 heterocycles. The number of amides is 1. The van der Waals surface area contributed by atoms with Crippen LogP contribution in [0.25, 0.3) is 0 Å². The molecular formula is C15H16FN3O. The number of pyridine rings is 1. The molecule has 0 aliphatic carbocycles. The largest absolute Gasteiger partial charge is 0.363 e. The second kappa shape index (κ2) is 5.69. The van der Waals surface area contributed by atoms with Gasteiger partial charge in [0.2, 0.25) is 0 Å². The van der Waals surface area contributed by atoms with Gasteiger partial charge in [-0.05, 0) is 42.8 Å². The number of aryl methyl sites for hydroxylation is 1. The van der Waals surface area contributed by atoms with Crippen molar-refractivity contribution >= 4 is 17.4 Å². The van der Waals surface area contributed by atoms with Crippen molar-refractivity contribution in [2.45, 2.75) is 6.92 Å². The molecule has 0 fully saturated rings. The Morgan fingerprint density at radius 2 is 2.00 bits per heavy atom. The van der Waals surface area contributed by atoms with Crippen LogP contribution < -0.4 is 10.2 Å². The van der Waals surface area contributed by atoms with Crippen molar-refractivity contribution < 1.29 is 9.18 Å². The van der Waals surface area contributed by atoms with Crippen LogP contribution in [-0.4, -0.2) is 25.0 Å². The maximum atomic E-state index is 13.0. The van der Waals surface area contributed by atoms with Gasteiger partial charge in [-0.2, -0.15) is 0 Å². The summed E-state index contributed by atoms with van der Waals surface area (Å²) in [5.41, 5.74) is 1.73. The SMILES string of the molecule is Cc1cc(F)ccc1NC(=O)c1ccc(N(C)C)nc1. The number of halogens is 1. The summed E-state index contributed by atoms with van der Waals surface area (Å²) in [7, 11) is 3.76. The number of benzene rings is 1. The van der Waals surface area contributed by atoms with Crippen LogP contribution in [0.4, 0.5) is 15.9 Å². The Kier molecular flexibility index (Phi) is 3.98. The van der Waals surface area contributed by atoms with Crippen LogP contribution in [0.3, 0.4) is 0 Å². The monoisotopic (exact) mass is 273 g/mol. The molecule has 1 amide bonds. The first-order chi connectivity index (χ1) is 9.47. The molecule has 0 aliphatic rings. The van der Waals surface area contributed by atoms with Crippen LogP contribution in [0.15, 0.2) is 36.5 Å². The lowest BCUT2D eigenvalue weighted by Crippen LogP contribution is -2.15. The summed E-state index contributed by atoms with van der Waals surface area (Å²) in [6, 6.07) is 7.71. The topological polar surface area (TPSA) is 45.2 Å². The molecule has 0 bridgehead atoms. The van der Waals surface area contributed by atoms with Gasteiger partial charge < -0.3 is 10.2 Å². The number of nitrogens with one attached hydrogen (secondary N) is 1. The number of hydrogen-bond donors (Lipinski definition) is 1. The third-order valence-corrected chi connectivity index (χ3v) is 2.90. The van der Waals surface area contributed by atoms with E-state index in [0.29, 0.717) is 16.8 Å². The molecule has 20 heavy (non-hydrogen) atoms. The van der Waals surface area contributed by atoms with E-state index in [0.717, 1.165) is 5.82 Å². The average molecular weight is 273 g/mol. The number of carbonyl (C=O) groups excluding carboxylic acids is 1. The predicted molar refractivity (Wildman–Crippen MR) is 77.7 cm³/mol. The molecule has 0 atom stereocenters. The minimum absolute atomic E-state index is 0.266. The maximum absolute atomic E-state index is 13.0. The van der Waals surface area contributed by atoms with E-state index < -0.39 is 0 Å². The molecule has 5 heteroatoms. The van der Waals surface area contributed by atoms with Crippen molar-refractivity contribution in [2.24, 2.45) is 0 Å². The fourth-order valence-corrected chi connectivity index (χ4v) is 1.75. The highest BCUT2D eigenvalue weighted by Gasteiger charge is 2.09. The molecule has 104 valence electrons. The van der Waals surface area contributed by atoms with Gasteiger partial charge in [0.25, 0.3) is 5.91 Å². The smallest absolute Gasteiger partial charge is 0.257 e. The van der Waals surface area contributed by atoms with Crippen molar-refractivity contribution in [2.75, 3.05) is 24.3 Å². The van der Waals surface area contributed by atoms with Gasteiger partial charge in [-0.15, -0.1) is 0 Å². The first-order valence-electron chi connectivity index (χ1n) is 6.18. The molecule has 1 aromatic carbocycles. The normalized spacial score (nSPS) is 10.2. The van der Waals surface area contributed by atoms with E-state index in [-0.39, 0.29) is 11.7 Å². The van der Waals surface area contributed by atoms with Gasteiger partial charge in [0.05, 0.1) is 5.56 Å². The number of carbonyl (C=O) groups is 1. The fraction of sp³-hybridized carbons (Fsp3) is 0.200. The lowest BCUT2D eigenvalue weighted by Gasteiger charge is -2.12. The van der Waals surface area contributed by atoms with Crippen molar-refractivity contribution in [3.8, 4) is 0 Å².